The maximum Gasteiger partial charge on any atom is 0.332 e. The van der Waals surface area contributed by atoms with Gasteiger partial charge in [0.15, 0.2) is 11.6 Å². The van der Waals surface area contributed by atoms with Crippen molar-refractivity contribution in [3.63, 3.8) is 0 Å². The minimum atomic E-state index is -0.654. The molecule has 35 heavy (non-hydrogen) atoms. The molecule has 0 unspecified atom stereocenters. The Morgan fingerprint density at radius 3 is 2.11 bits per heavy atom. The van der Waals surface area contributed by atoms with E-state index in [0.29, 0.717) is 31.5 Å². The fourth-order valence-corrected chi connectivity index (χ4v) is 4.65. The summed E-state index contributed by atoms with van der Waals surface area (Å²) in [5, 5.41) is 0. The van der Waals surface area contributed by atoms with Crippen LogP contribution >= 0.6 is 0 Å². The zero-order chi connectivity index (χ0) is 24.9. The van der Waals surface area contributed by atoms with Crippen LogP contribution in [0.5, 0.6) is 0 Å². The van der Waals surface area contributed by atoms with Gasteiger partial charge in [-0.05, 0) is 38.4 Å². The predicted octanol–water partition coefficient (Wildman–Crippen LogP) is 2.44. The Hall–Kier alpha value is -3.78. The van der Waals surface area contributed by atoms with Crippen molar-refractivity contribution in [3.05, 3.63) is 98.2 Å². The van der Waals surface area contributed by atoms with E-state index in [0.717, 1.165) is 10.1 Å². The Morgan fingerprint density at radius 2 is 1.51 bits per heavy atom. The summed E-state index contributed by atoms with van der Waals surface area (Å²) < 4.78 is 2.34. The monoisotopic (exact) mass is 474 g/mol. The predicted molar refractivity (Wildman–Crippen MR) is 135 cm³/mol. The topological polar surface area (TPSA) is 107 Å². The minimum absolute atomic E-state index is 0.0128. The largest absolute Gasteiger partial charge is 0.384 e. The van der Waals surface area contributed by atoms with Crippen LogP contribution < -0.4 is 17.0 Å². The molecule has 8 nitrogen and oxygen atoms in total. The first-order chi connectivity index (χ1) is 16.9. The molecule has 0 spiro atoms. The van der Waals surface area contributed by atoms with E-state index < -0.39 is 17.0 Å². The second-order valence-corrected chi connectivity index (χ2v) is 8.87. The number of piperidine rings is 1. The molecular weight excluding hydrogens is 444 g/mol. The number of aromatic nitrogens is 2. The summed E-state index contributed by atoms with van der Waals surface area (Å²) >= 11 is 0. The zero-order valence-electron chi connectivity index (χ0n) is 19.9. The maximum absolute atomic E-state index is 13.3. The van der Waals surface area contributed by atoms with Crippen molar-refractivity contribution in [2.45, 2.75) is 32.9 Å². The van der Waals surface area contributed by atoms with Gasteiger partial charge in [-0.3, -0.25) is 28.4 Å². The smallest absolute Gasteiger partial charge is 0.332 e. The number of nitrogen functional groups attached to an aromatic ring is 1. The molecule has 0 bridgehead atoms. The minimum Gasteiger partial charge on any atom is -0.384 e. The van der Waals surface area contributed by atoms with Crippen molar-refractivity contribution in [1.29, 1.82) is 0 Å². The van der Waals surface area contributed by atoms with Crippen molar-refractivity contribution in [1.82, 2.24) is 14.0 Å². The Labute approximate surface area is 203 Å². The summed E-state index contributed by atoms with van der Waals surface area (Å²) in [6.45, 7) is 3.15. The summed E-state index contributed by atoms with van der Waals surface area (Å²) in [6.07, 6.45) is 1.28. The highest BCUT2D eigenvalue weighted by molar-refractivity contribution is 6.01. The number of carbonyl (C=O) groups excluding carboxylic acids is 2. The lowest BCUT2D eigenvalue weighted by Gasteiger charge is -2.30. The van der Waals surface area contributed by atoms with E-state index in [1.165, 1.54) is 4.57 Å². The number of ketones is 2. The number of likely N-dealkylation sites (tertiary alicyclic amines) is 1. The van der Waals surface area contributed by atoms with E-state index in [2.05, 4.69) is 0 Å². The summed E-state index contributed by atoms with van der Waals surface area (Å²) in [5.41, 5.74) is 6.46. The summed E-state index contributed by atoms with van der Waals surface area (Å²) in [6, 6.07) is 18.5. The molecule has 4 rings (SSSR count). The molecule has 2 heterocycles. The fourth-order valence-electron chi connectivity index (χ4n) is 4.65. The van der Waals surface area contributed by atoms with Gasteiger partial charge < -0.3 is 5.73 Å². The quantitative estimate of drug-likeness (QED) is 0.503. The molecule has 8 heteroatoms. The number of hydrogen-bond donors (Lipinski definition) is 1. The molecule has 1 aliphatic rings. The number of benzene rings is 2. The van der Waals surface area contributed by atoms with Crippen LogP contribution in [-0.2, 0) is 13.1 Å². The third-order valence-corrected chi connectivity index (χ3v) is 6.63. The third kappa shape index (κ3) is 5.17. The van der Waals surface area contributed by atoms with Gasteiger partial charge in [-0.1, -0.05) is 60.7 Å². The number of carbonyl (C=O) groups is 2. The molecule has 2 aromatic carbocycles. The van der Waals surface area contributed by atoms with E-state index in [4.69, 9.17) is 5.73 Å². The molecule has 1 aromatic heterocycles. The lowest BCUT2D eigenvalue weighted by atomic mass is 9.89. The third-order valence-electron chi connectivity index (χ3n) is 6.63. The van der Waals surface area contributed by atoms with Crippen molar-refractivity contribution < 1.29 is 9.59 Å². The van der Waals surface area contributed by atoms with Crippen LogP contribution in [-0.4, -0.2) is 45.2 Å². The maximum atomic E-state index is 13.3. The van der Waals surface area contributed by atoms with Gasteiger partial charge in [0, 0.05) is 18.0 Å². The van der Waals surface area contributed by atoms with Gasteiger partial charge in [0.2, 0.25) is 0 Å². The van der Waals surface area contributed by atoms with Crippen LogP contribution in [0.25, 0.3) is 0 Å². The van der Waals surface area contributed by atoms with Crippen molar-refractivity contribution in [2.24, 2.45) is 5.92 Å². The number of nitrogens with two attached hydrogens (primary N) is 1. The van der Waals surface area contributed by atoms with Gasteiger partial charge in [-0.2, -0.15) is 0 Å². The van der Waals surface area contributed by atoms with Crippen molar-refractivity contribution >= 4 is 17.4 Å². The van der Waals surface area contributed by atoms with Crippen LogP contribution in [0.1, 0.15) is 46.0 Å². The van der Waals surface area contributed by atoms with Crippen molar-refractivity contribution in [2.75, 3.05) is 25.4 Å². The van der Waals surface area contributed by atoms with Crippen LogP contribution in [0, 0.1) is 5.92 Å². The van der Waals surface area contributed by atoms with Crippen molar-refractivity contribution in [3.8, 4) is 0 Å². The summed E-state index contributed by atoms with van der Waals surface area (Å²) in [7, 11) is 0. The number of hydrogen-bond acceptors (Lipinski definition) is 6. The molecule has 0 aliphatic carbocycles. The van der Waals surface area contributed by atoms with E-state index in [1.807, 2.05) is 65.6 Å². The fraction of sp³-hybridized carbons (Fsp3) is 0.333. The highest BCUT2D eigenvalue weighted by Crippen LogP contribution is 2.22. The SMILES string of the molecule is CCn1c(=O)c(C(=O)CN2CCC(C(=O)c3ccccc3)CC2)c(N)n(Cc2ccccc2)c1=O. The first kappa shape index (κ1) is 24.3. The van der Waals surface area contributed by atoms with E-state index in [1.54, 1.807) is 6.92 Å². The van der Waals surface area contributed by atoms with Crippen LogP contribution in [0.15, 0.2) is 70.3 Å². The second-order valence-electron chi connectivity index (χ2n) is 8.87. The van der Waals surface area contributed by atoms with E-state index >= 15 is 0 Å². The van der Waals surface area contributed by atoms with Gasteiger partial charge in [-0.15, -0.1) is 0 Å². The molecule has 1 aliphatic heterocycles. The lowest BCUT2D eigenvalue weighted by molar-refractivity contribution is 0.0805. The lowest BCUT2D eigenvalue weighted by Crippen LogP contribution is -2.46. The van der Waals surface area contributed by atoms with Gasteiger partial charge >= 0.3 is 5.69 Å². The summed E-state index contributed by atoms with van der Waals surface area (Å²) in [4.78, 5) is 53.9. The first-order valence-electron chi connectivity index (χ1n) is 11.9. The van der Waals surface area contributed by atoms with Gasteiger partial charge in [0.25, 0.3) is 5.56 Å². The Morgan fingerprint density at radius 1 is 0.914 bits per heavy atom. The number of nitrogens with zero attached hydrogens (tertiary/aromatic N) is 3. The number of Topliss-reactive ketones (excluding diaryl/α,β-unsaturated/α-hetero) is 2. The molecule has 0 amide bonds. The molecule has 0 saturated carbocycles. The normalized spacial score (nSPS) is 14.7. The molecular formula is C27H30N4O4. The number of rotatable bonds is 8. The van der Waals surface area contributed by atoms with Gasteiger partial charge in [0.1, 0.15) is 11.4 Å². The molecule has 2 N–H and O–H groups in total. The summed E-state index contributed by atoms with van der Waals surface area (Å²) in [5.74, 6) is -0.476. The average Bonchev–Trinajstić information content (AvgIpc) is 2.88. The molecule has 1 fully saturated rings. The molecule has 182 valence electrons. The number of anilines is 1. The second kappa shape index (κ2) is 10.7. The molecule has 0 radical (unpaired) electrons. The van der Waals surface area contributed by atoms with Crippen LogP contribution in [0.2, 0.25) is 0 Å². The highest BCUT2D eigenvalue weighted by atomic mass is 16.2. The van der Waals surface area contributed by atoms with Gasteiger partial charge in [0.05, 0.1) is 13.1 Å². The van der Waals surface area contributed by atoms with E-state index in [-0.39, 0.29) is 42.7 Å². The first-order valence-corrected chi connectivity index (χ1v) is 11.9. The molecule has 3 aromatic rings. The Bertz CT molecular complexity index is 1320. The molecule has 1 saturated heterocycles. The zero-order valence-corrected chi connectivity index (χ0v) is 19.9. The Balaban J connectivity index is 1.51. The standard InChI is InChI=1S/C27H30N4O4/c1-2-30-26(34)23(25(28)31(27(30)35)17-19-9-5-3-6-10-19)22(32)18-29-15-13-21(14-16-29)24(33)20-11-7-4-8-12-20/h3-12,21H,2,13-18,28H2,1H3. The Kier molecular flexibility index (Phi) is 7.41. The van der Waals surface area contributed by atoms with Crippen LogP contribution in [0.3, 0.4) is 0 Å². The van der Waals surface area contributed by atoms with Gasteiger partial charge in [-0.25, -0.2) is 4.79 Å². The molecule has 0 atom stereocenters. The van der Waals surface area contributed by atoms with E-state index in [9.17, 15) is 19.2 Å². The van der Waals surface area contributed by atoms with Crippen LogP contribution in [0.4, 0.5) is 5.82 Å². The average molecular weight is 475 g/mol. The highest BCUT2D eigenvalue weighted by Gasteiger charge is 2.29.